The van der Waals surface area contributed by atoms with Gasteiger partial charge in [0.25, 0.3) is 0 Å². The summed E-state index contributed by atoms with van der Waals surface area (Å²) in [4.78, 5) is 14.5. The molecular formula is C13H19N5S. The molecule has 3 rings (SSSR count). The average Bonchev–Trinajstić information content (AvgIpc) is 2.86. The lowest BCUT2D eigenvalue weighted by molar-refractivity contribution is 0.213. The van der Waals surface area contributed by atoms with Gasteiger partial charge in [-0.15, -0.1) is 11.3 Å². The fraction of sp³-hybridized carbons (Fsp3) is 0.538. The molecule has 2 aromatic heterocycles. The number of rotatable bonds is 2. The summed E-state index contributed by atoms with van der Waals surface area (Å²) in [5.74, 6) is 1.37. The molecule has 0 bridgehead atoms. The Bertz CT molecular complexity index is 581. The second-order valence-corrected chi connectivity index (χ2v) is 5.93. The van der Waals surface area contributed by atoms with Crippen LogP contribution < -0.4 is 10.6 Å². The van der Waals surface area contributed by atoms with Gasteiger partial charge in [0.1, 0.15) is 10.6 Å². The molecule has 2 N–H and O–H groups in total. The van der Waals surface area contributed by atoms with Gasteiger partial charge in [-0.05, 0) is 24.9 Å². The van der Waals surface area contributed by atoms with Crippen LogP contribution in [0.4, 0.5) is 11.8 Å². The van der Waals surface area contributed by atoms with Crippen molar-refractivity contribution in [2.75, 3.05) is 37.3 Å². The third-order valence-corrected chi connectivity index (χ3v) is 4.68. The molecule has 102 valence electrons. The second-order valence-electron chi connectivity index (χ2n) is 5.03. The Labute approximate surface area is 117 Å². The number of hydrogen-bond donors (Lipinski definition) is 1. The fourth-order valence-corrected chi connectivity index (χ4v) is 3.44. The van der Waals surface area contributed by atoms with E-state index in [-0.39, 0.29) is 0 Å². The van der Waals surface area contributed by atoms with Crippen molar-refractivity contribution >= 4 is 33.3 Å². The average molecular weight is 277 g/mol. The lowest BCUT2D eigenvalue weighted by Gasteiger charge is -2.39. The van der Waals surface area contributed by atoms with E-state index in [9.17, 15) is 0 Å². The summed E-state index contributed by atoms with van der Waals surface area (Å²) in [7, 11) is 2.19. The molecular weight excluding hydrogens is 258 g/mol. The van der Waals surface area contributed by atoms with Crippen molar-refractivity contribution < 1.29 is 0 Å². The first kappa shape index (κ1) is 12.6. The van der Waals surface area contributed by atoms with E-state index in [0.717, 1.165) is 42.1 Å². The number of thiophene rings is 1. The summed E-state index contributed by atoms with van der Waals surface area (Å²) in [6.45, 7) is 5.30. The molecule has 6 heteroatoms. The Morgan fingerprint density at radius 2 is 2.26 bits per heavy atom. The Balaban J connectivity index is 1.97. The summed E-state index contributed by atoms with van der Waals surface area (Å²) in [5, 5.41) is 3.17. The molecule has 0 amide bonds. The lowest BCUT2D eigenvalue weighted by atomic mass is 10.1. The van der Waals surface area contributed by atoms with Crippen LogP contribution in [-0.2, 0) is 0 Å². The van der Waals surface area contributed by atoms with Crippen molar-refractivity contribution in [1.82, 2.24) is 14.9 Å². The zero-order valence-electron chi connectivity index (χ0n) is 11.3. The molecule has 0 spiro atoms. The van der Waals surface area contributed by atoms with Crippen LogP contribution in [0.1, 0.15) is 13.3 Å². The first-order chi connectivity index (χ1) is 9.19. The minimum absolute atomic E-state index is 0.372. The molecule has 1 saturated heterocycles. The Kier molecular flexibility index (Phi) is 3.28. The number of fused-ring (bicyclic) bond motifs is 1. The smallest absolute Gasteiger partial charge is 0.223 e. The van der Waals surface area contributed by atoms with E-state index in [4.69, 9.17) is 5.73 Å². The van der Waals surface area contributed by atoms with Crippen LogP contribution in [0.5, 0.6) is 0 Å². The predicted octanol–water partition coefficient (Wildman–Crippen LogP) is 1.80. The van der Waals surface area contributed by atoms with Crippen LogP contribution in [0.3, 0.4) is 0 Å². The Morgan fingerprint density at radius 1 is 1.42 bits per heavy atom. The van der Waals surface area contributed by atoms with Crippen molar-refractivity contribution in [3.63, 3.8) is 0 Å². The van der Waals surface area contributed by atoms with Crippen molar-refractivity contribution in [2.45, 2.75) is 19.4 Å². The van der Waals surface area contributed by atoms with Crippen molar-refractivity contribution in [2.24, 2.45) is 0 Å². The zero-order valence-corrected chi connectivity index (χ0v) is 12.2. The van der Waals surface area contributed by atoms with E-state index < -0.39 is 0 Å². The summed E-state index contributed by atoms with van der Waals surface area (Å²) < 4.78 is 0. The normalized spacial score (nSPS) is 21.2. The highest BCUT2D eigenvalue weighted by atomic mass is 32.1. The van der Waals surface area contributed by atoms with Crippen LogP contribution in [0.25, 0.3) is 10.2 Å². The molecule has 0 aromatic carbocycles. The number of anilines is 2. The molecule has 1 atom stereocenters. The van der Waals surface area contributed by atoms with Crippen LogP contribution in [0.15, 0.2) is 11.4 Å². The fourth-order valence-electron chi connectivity index (χ4n) is 2.68. The molecule has 0 radical (unpaired) electrons. The maximum absolute atomic E-state index is 5.83. The maximum atomic E-state index is 5.83. The number of nitrogens with two attached hydrogens (primary N) is 1. The predicted molar refractivity (Wildman–Crippen MR) is 80.7 cm³/mol. The molecule has 1 fully saturated rings. The van der Waals surface area contributed by atoms with E-state index in [2.05, 4.69) is 45.2 Å². The third kappa shape index (κ3) is 2.26. The monoisotopic (exact) mass is 277 g/mol. The molecule has 19 heavy (non-hydrogen) atoms. The SMILES string of the molecule is CCC1CN(c2nc(N)nc3sccc23)CCN1C. The topological polar surface area (TPSA) is 58.3 Å². The van der Waals surface area contributed by atoms with E-state index in [0.29, 0.717) is 12.0 Å². The summed E-state index contributed by atoms with van der Waals surface area (Å²) in [5.41, 5.74) is 5.83. The molecule has 1 unspecified atom stereocenters. The standard InChI is InChI=1S/C13H19N5S/c1-3-9-8-18(6-5-17(9)2)11-10-4-7-19-12(10)16-13(14)15-11/h4,7,9H,3,5-6,8H2,1-2H3,(H2,14,15,16). The molecule has 2 aromatic rings. The third-order valence-electron chi connectivity index (χ3n) is 3.87. The number of hydrogen-bond acceptors (Lipinski definition) is 6. The number of likely N-dealkylation sites (N-methyl/N-ethyl adjacent to an activating group) is 1. The lowest BCUT2D eigenvalue weighted by Crippen LogP contribution is -2.51. The van der Waals surface area contributed by atoms with E-state index >= 15 is 0 Å². The first-order valence-corrected chi connectivity index (χ1v) is 7.53. The van der Waals surface area contributed by atoms with Gasteiger partial charge in [0.15, 0.2) is 0 Å². The van der Waals surface area contributed by atoms with Gasteiger partial charge >= 0.3 is 0 Å². The van der Waals surface area contributed by atoms with E-state index in [1.807, 2.05) is 0 Å². The van der Waals surface area contributed by atoms with Gasteiger partial charge in [-0.2, -0.15) is 4.98 Å². The van der Waals surface area contributed by atoms with Crippen molar-refractivity contribution in [3.8, 4) is 0 Å². The van der Waals surface area contributed by atoms with Crippen LogP contribution in [0, 0.1) is 0 Å². The van der Waals surface area contributed by atoms with E-state index in [1.165, 1.54) is 0 Å². The van der Waals surface area contributed by atoms with Crippen LogP contribution in [-0.4, -0.2) is 47.6 Å². The second kappa shape index (κ2) is 4.94. The first-order valence-electron chi connectivity index (χ1n) is 6.65. The molecule has 3 heterocycles. The highest BCUT2D eigenvalue weighted by Crippen LogP contribution is 2.29. The van der Waals surface area contributed by atoms with Gasteiger partial charge in [0.05, 0.1) is 5.39 Å². The van der Waals surface area contributed by atoms with Gasteiger partial charge in [-0.25, -0.2) is 4.98 Å². The van der Waals surface area contributed by atoms with Gasteiger partial charge < -0.3 is 10.6 Å². The molecule has 5 nitrogen and oxygen atoms in total. The molecule has 1 aliphatic heterocycles. The quantitative estimate of drug-likeness (QED) is 0.907. The molecule has 0 saturated carbocycles. The van der Waals surface area contributed by atoms with Crippen molar-refractivity contribution in [1.29, 1.82) is 0 Å². The maximum Gasteiger partial charge on any atom is 0.223 e. The number of aromatic nitrogens is 2. The number of nitrogens with zero attached hydrogens (tertiary/aromatic N) is 4. The summed E-state index contributed by atoms with van der Waals surface area (Å²) in [6, 6.07) is 2.67. The summed E-state index contributed by atoms with van der Waals surface area (Å²) in [6.07, 6.45) is 1.15. The largest absolute Gasteiger partial charge is 0.368 e. The Morgan fingerprint density at radius 3 is 3.05 bits per heavy atom. The highest BCUT2D eigenvalue weighted by molar-refractivity contribution is 7.16. The minimum atomic E-state index is 0.372. The summed E-state index contributed by atoms with van der Waals surface area (Å²) >= 11 is 1.62. The minimum Gasteiger partial charge on any atom is -0.368 e. The molecule has 0 aliphatic carbocycles. The highest BCUT2D eigenvalue weighted by Gasteiger charge is 2.25. The zero-order chi connectivity index (χ0) is 13.4. The van der Waals surface area contributed by atoms with Gasteiger partial charge in [-0.1, -0.05) is 6.92 Å². The Hall–Kier alpha value is -1.40. The molecule has 1 aliphatic rings. The number of nitrogen functional groups attached to an aromatic ring is 1. The number of piperazine rings is 1. The van der Waals surface area contributed by atoms with Gasteiger partial charge in [0, 0.05) is 25.7 Å². The van der Waals surface area contributed by atoms with Crippen LogP contribution in [0.2, 0.25) is 0 Å². The van der Waals surface area contributed by atoms with Crippen LogP contribution >= 0.6 is 11.3 Å². The van der Waals surface area contributed by atoms with E-state index in [1.54, 1.807) is 11.3 Å². The van der Waals surface area contributed by atoms with Gasteiger partial charge in [0.2, 0.25) is 5.95 Å². The van der Waals surface area contributed by atoms with Crippen molar-refractivity contribution in [3.05, 3.63) is 11.4 Å². The van der Waals surface area contributed by atoms with Gasteiger partial charge in [-0.3, -0.25) is 4.90 Å².